The molecule has 2 aromatic rings. The summed E-state index contributed by atoms with van der Waals surface area (Å²) in [6.45, 7) is 1.23. The summed E-state index contributed by atoms with van der Waals surface area (Å²) in [6.07, 6.45) is 3.14. The van der Waals surface area contributed by atoms with Crippen molar-refractivity contribution in [2.75, 3.05) is 19.3 Å². The number of nitrogens with zero attached hydrogens (tertiary/aromatic N) is 1. The fraction of sp³-hybridized carbons (Fsp3) is 0.333. The van der Waals surface area contributed by atoms with E-state index in [0.29, 0.717) is 13.1 Å². The van der Waals surface area contributed by atoms with Crippen LogP contribution in [0.3, 0.4) is 0 Å². The number of carbonyl (C=O) groups is 2. The van der Waals surface area contributed by atoms with Gasteiger partial charge in [-0.25, -0.2) is 13.2 Å². The number of sulfone groups is 1. The molecule has 0 aliphatic carbocycles. The van der Waals surface area contributed by atoms with Gasteiger partial charge in [0.1, 0.15) is 0 Å². The molecule has 1 aliphatic rings. The standard InChI is InChI=1S/C21H23NO5S/c1-28(26,27)19-9-7-15(8-10-19)12-20(23)22-11-3-6-18(14-22)16-4-2-5-17(13-16)21(24)25/h2,4-5,7-10,13,18H,3,6,11-12,14H2,1H3,(H,24,25)/t18-/m1/s1. The topological polar surface area (TPSA) is 91.8 Å². The zero-order chi connectivity index (χ0) is 20.3. The lowest BCUT2D eigenvalue weighted by Crippen LogP contribution is -2.40. The highest BCUT2D eigenvalue weighted by atomic mass is 32.2. The first-order chi connectivity index (χ1) is 13.2. The minimum atomic E-state index is -3.25. The molecule has 0 saturated carbocycles. The lowest BCUT2D eigenvalue weighted by Gasteiger charge is -2.33. The van der Waals surface area contributed by atoms with Crippen LogP contribution in [0, 0.1) is 0 Å². The van der Waals surface area contributed by atoms with E-state index in [1.807, 2.05) is 11.0 Å². The number of piperidine rings is 1. The maximum Gasteiger partial charge on any atom is 0.335 e. The Kier molecular flexibility index (Phi) is 5.84. The van der Waals surface area contributed by atoms with Crippen LogP contribution in [0.4, 0.5) is 0 Å². The SMILES string of the molecule is CS(=O)(=O)c1ccc(CC(=O)N2CCC[C@@H](c3cccc(C(=O)O)c3)C2)cc1. The summed E-state index contributed by atoms with van der Waals surface area (Å²) in [5.41, 5.74) is 1.97. The van der Waals surface area contributed by atoms with Crippen LogP contribution in [0.15, 0.2) is 53.4 Å². The van der Waals surface area contributed by atoms with Gasteiger partial charge in [0.15, 0.2) is 9.84 Å². The predicted octanol–water partition coefficient (Wildman–Crippen LogP) is 2.74. The number of carbonyl (C=O) groups excluding carboxylic acids is 1. The lowest BCUT2D eigenvalue weighted by molar-refractivity contribution is -0.131. The van der Waals surface area contributed by atoms with Crippen molar-refractivity contribution in [1.29, 1.82) is 0 Å². The zero-order valence-electron chi connectivity index (χ0n) is 15.7. The van der Waals surface area contributed by atoms with Crippen molar-refractivity contribution in [3.63, 3.8) is 0 Å². The number of rotatable bonds is 5. The molecule has 0 unspecified atom stereocenters. The van der Waals surface area contributed by atoms with Crippen molar-refractivity contribution in [2.45, 2.75) is 30.1 Å². The molecule has 148 valence electrons. The molecule has 6 nitrogen and oxygen atoms in total. The second-order valence-corrected chi connectivity index (χ2v) is 9.22. The number of amides is 1. The zero-order valence-corrected chi connectivity index (χ0v) is 16.5. The van der Waals surface area contributed by atoms with E-state index in [1.165, 1.54) is 12.1 Å². The highest BCUT2D eigenvalue weighted by Gasteiger charge is 2.25. The maximum atomic E-state index is 12.7. The third-order valence-corrected chi connectivity index (χ3v) is 6.21. The molecule has 1 amide bonds. The summed E-state index contributed by atoms with van der Waals surface area (Å²) in [6, 6.07) is 13.3. The number of hydrogen-bond donors (Lipinski definition) is 1. The Morgan fingerprint density at radius 1 is 1.14 bits per heavy atom. The molecule has 1 heterocycles. The summed E-state index contributed by atoms with van der Waals surface area (Å²) < 4.78 is 23.1. The third kappa shape index (κ3) is 4.78. The monoisotopic (exact) mass is 401 g/mol. The average Bonchev–Trinajstić information content (AvgIpc) is 2.68. The van der Waals surface area contributed by atoms with E-state index in [9.17, 15) is 23.1 Å². The first-order valence-electron chi connectivity index (χ1n) is 9.14. The Bertz CT molecular complexity index is 982. The molecule has 1 N–H and O–H groups in total. The lowest BCUT2D eigenvalue weighted by atomic mass is 9.89. The van der Waals surface area contributed by atoms with Gasteiger partial charge in [-0.05, 0) is 48.2 Å². The fourth-order valence-corrected chi connectivity index (χ4v) is 4.17. The molecule has 0 bridgehead atoms. The van der Waals surface area contributed by atoms with E-state index in [4.69, 9.17) is 0 Å². The van der Waals surface area contributed by atoms with Gasteiger partial charge in [0, 0.05) is 25.3 Å². The summed E-state index contributed by atoms with van der Waals surface area (Å²) in [5.74, 6) is -0.848. The summed E-state index contributed by atoms with van der Waals surface area (Å²) >= 11 is 0. The maximum absolute atomic E-state index is 12.7. The second kappa shape index (κ2) is 8.14. The van der Waals surface area contributed by atoms with Crippen LogP contribution in [-0.4, -0.2) is 49.6 Å². The van der Waals surface area contributed by atoms with E-state index in [1.54, 1.807) is 30.3 Å². The molecule has 1 saturated heterocycles. The molecular formula is C21H23NO5S. The number of carboxylic acid groups (broad SMARTS) is 1. The fourth-order valence-electron chi connectivity index (χ4n) is 3.54. The highest BCUT2D eigenvalue weighted by molar-refractivity contribution is 7.90. The molecule has 0 spiro atoms. The van der Waals surface area contributed by atoms with Crippen molar-refractivity contribution >= 4 is 21.7 Å². The van der Waals surface area contributed by atoms with Crippen molar-refractivity contribution in [1.82, 2.24) is 4.90 Å². The molecule has 1 atom stereocenters. The second-order valence-electron chi connectivity index (χ2n) is 7.20. The van der Waals surface area contributed by atoms with E-state index in [2.05, 4.69) is 0 Å². The van der Waals surface area contributed by atoms with Crippen molar-refractivity contribution < 1.29 is 23.1 Å². The third-order valence-electron chi connectivity index (χ3n) is 5.09. The van der Waals surface area contributed by atoms with Gasteiger partial charge in [-0.1, -0.05) is 24.3 Å². The molecule has 7 heteroatoms. The van der Waals surface area contributed by atoms with Crippen molar-refractivity contribution in [2.24, 2.45) is 0 Å². The summed E-state index contributed by atoms with van der Waals surface area (Å²) in [4.78, 5) is 26.0. The van der Waals surface area contributed by atoms with Crippen LogP contribution in [0.25, 0.3) is 0 Å². The largest absolute Gasteiger partial charge is 0.478 e. The van der Waals surface area contributed by atoms with Gasteiger partial charge in [0.25, 0.3) is 0 Å². The van der Waals surface area contributed by atoms with Gasteiger partial charge in [-0.3, -0.25) is 4.79 Å². The Morgan fingerprint density at radius 2 is 1.86 bits per heavy atom. The van der Waals surface area contributed by atoms with Gasteiger partial charge in [0.2, 0.25) is 5.91 Å². The van der Waals surface area contributed by atoms with Gasteiger partial charge < -0.3 is 10.0 Å². The van der Waals surface area contributed by atoms with Crippen LogP contribution >= 0.6 is 0 Å². The van der Waals surface area contributed by atoms with Crippen LogP contribution < -0.4 is 0 Å². The molecular weight excluding hydrogens is 378 g/mol. The van der Waals surface area contributed by atoms with Crippen LogP contribution in [0.1, 0.15) is 40.2 Å². The number of hydrogen-bond acceptors (Lipinski definition) is 4. The number of benzene rings is 2. The Hall–Kier alpha value is -2.67. The van der Waals surface area contributed by atoms with Gasteiger partial charge in [0.05, 0.1) is 16.9 Å². The quantitative estimate of drug-likeness (QED) is 0.832. The molecule has 3 rings (SSSR count). The normalized spacial score (nSPS) is 17.3. The number of aromatic carboxylic acids is 1. The van der Waals surface area contributed by atoms with E-state index in [-0.39, 0.29) is 28.7 Å². The van der Waals surface area contributed by atoms with Crippen molar-refractivity contribution in [3.8, 4) is 0 Å². The van der Waals surface area contributed by atoms with Crippen LogP contribution in [-0.2, 0) is 21.1 Å². The smallest absolute Gasteiger partial charge is 0.335 e. The van der Waals surface area contributed by atoms with Crippen LogP contribution in [0.2, 0.25) is 0 Å². The first-order valence-corrected chi connectivity index (χ1v) is 11.0. The van der Waals surface area contributed by atoms with Gasteiger partial charge >= 0.3 is 5.97 Å². The molecule has 28 heavy (non-hydrogen) atoms. The minimum Gasteiger partial charge on any atom is -0.478 e. The average molecular weight is 401 g/mol. The van der Waals surface area contributed by atoms with Crippen molar-refractivity contribution in [3.05, 3.63) is 65.2 Å². The highest BCUT2D eigenvalue weighted by Crippen LogP contribution is 2.28. The molecule has 0 aromatic heterocycles. The minimum absolute atomic E-state index is 0.00815. The Labute approximate surface area is 164 Å². The Balaban J connectivity index is 1.67. The molecule has 2 aromatic carbocycles. The summed E-state index contributed by atoms with van der Waals surface area (Å²) in [7, 11) is -3.25. The summed E-state index contributed by atoms with van der Waals surface area (Å²) in [5, 5.41) is 9.18. The van der Waals surface area contributed by atoms with E-state index >= 15 is 0 Å². The van der Waals surface area contributed by atoms with Gasteiger partial charge in [-0.2, -0.15) is 0 Å². The predicted molar refractivity (Wildman–Crippen MR) is 105 cm³/mol. The first kappa shape index (κ1) is 20.1. The van der Waals surface area contributed by atoms with E-state index < -0.39 is 15.8 Å². The van der Waals surface area contributed by atoms with Gasteiger partial charge in [-0.15, -0.1) is 0 Å². The number of likely N-dealkylation sites (tertiary alicyclic amines) is 1. The van der Waals surface area contributed by atoms with E-state index in [0.717, 1.165) is 30.2 Å². The molecule has 1 aliphatic heterocycles. The van der Waals surface area contributed by atoms with Crippen LogP contribution in [0.5, 0.6) is 0 Å². The molecule has 1 fully saturated rings. The Morgan fingerprint density at radius 3 is 2.50 bits per heavy atom. The molecule has 0 radical (unpaired) electrons. The number of carboxylic acids is 1.